The van der Waals surface area contributed by atoms with E-state index in [0.717, 1.165) is 11.3 Å². The molecule has 1 unspecified atom stereocenters. The highest BCUT2D eigenvalue weighted by Gasteiger charge is 2.48. The van der Waals surface area contributed by atoms with Gasteiger partial charge in [-0.2, -0.15) is 0 Å². The van der Waals surface area contributed by atoms with Crippen LogP contribution in [0.2, 0.25) is 0 Å². The molecule has 0 spiro atoms. The lowest BCUT2D eigenvalue weighted by Crippen LogP contribution is -2.60. The van der Waals surface area contributed by atoms with E-state index in [0.29, 0.717) is 19.5 Å². The Morgan fingerprint density at radius 2 is 2.00 bits per heavy atom. The average Bonchev–Trinajstić information content (AvgIpc) is 2.87. The van der Waals surface area contributed by atoms with Gasteiger partial charge in [-0.25, -0.2) is 0 Å². The molecule has 0 fully saturated rings. The first-order valence-electron chi connectivity index (χ1n) is 6.95. The highest BCUT2D eigenvalue weighted by molar-refractivity contribution is 6.13. The topological polar surface area (TPSA) is 149 Å². The molecule has 0 radical (unpaired) electrons. The Morgan fingerprint density at radius 3 is 2.64 bits per heavy atom. The van der Waals surface area contributed by atoms with Gasteiger partial charge in [0.25, 0.3) is 11.8 Å². The molecule has 1 aromatic rings. The largest absolute Gasteiger partial charge is 0.370 e. The molecule has 0 bridgehead atoms. The van der Waals surface area contributed by atoms with E-state index in [1.807, 2.05) is 24.3 Å². The van der Waals surface area contributed by atoms with Gasteiger partial charge in [0.2, 0.25) is 0 Å². The molecule has 22 heavy (non-hydrogen) atoms. The van der Waals surface area contributed by atoms with Crippen molar-refractivity contribution in [3.63, 3.8) is 0 Å². The summed E-state index contributed by atoms with van der Waals surface area (Å²) in [6.45, 7) is 0.752. The number of hydrogen-bond donors (Lipinski definition) is 5. The summed E-state index contributed by atoms with van der Waals surface area (Å²) in [5, 5.41) is 5.65. The number of amides is 2. The Balaban J connectivity index is 2.00. The lowest BCUT2D eigenvalue weighted by Gasteiger charge is -2.25. The zero-order valence-electron chi connectivity index (χ0n) is 12.1. The quantitative estimate of drug-likeness (QED) is 0.191. The van der Waals surface area contributed by atoms with E-state index in [4.69, 9.17) is 17.2 Å². The van der Waals surface area contributed by atoms with Gasteiger partial charge in [0.1, 0.15) is 0 Å². The van der Waals surface area contributed by atoms with Crippen molar-refractivity contribution in [2.75, 3.05) is 18.4 Å². The maximum absolute atomic E-state index is 12.4. The first kappa shape index (κ1) is 15.6. The lowest BCUT2D eigenvalue weighted by molar-refractivity contribution is -0.134. The average molecular weight is 304 g/mol. The normalized spacial score (nSPS) is 18.9. The zero-order valence-corrected chi connectivity index (χ0v) is 12.1. The summed E-state index contributed by atoms with van der Waals surface area (Å²) in [6, 6.07) is 7.35. The number of anilines is 1. The van der Waals surface area contributed by atoms with E-state index < -0.39 is 17.4 Å². The fourth-order valence-corrected chi connectivity index (χ4v) is 2.39. The Morgan fingerprint density at radius 1 is 1.27 bits per heavy atom. The maximum Gasteiger partial charge on any atom is 0.255 e. The van der Waals surface area contributed by atoms with Gasteiger partial charge >= 0.3 is 0 Å². The van der Waals surface area contributed by atoms with Gasteiger partial charge in [-0.05, 0) is 18.1 Å². The van der Waals surface area contributed by atoms with E-state index in [9.17, 15) is 9.59 Å². The molecule has 0 aromatic heterocycles. The third kappa shape index (κ3) is 3.11. The van der Waals surface area contributed by atoms with Gasteiger partial charge in [0, 0.05) is 25.2 Å². The van der Waals surface area contributed by atoms with Crippen molar-refractivity contribution >= 4 is 23.5 Å². The summed E-state index contributed by atoms with van der Waals surface area (Å²) < 4.78 is 0. The van der Waals surface area contributed by atoms with Crippen molar-refractivity contribution in [3.8, 4) is 0 Å². The predicted molar refractivity (Wildman–Crippen MR) is 84.0 cm³/mol. The van der Waals surface area contributed by atoms with Crippen molar-refractivity contribution in [1.29, 1.82) is 0 Å². The standard InChI is InChI=1S/C14H20N6O2/c15-11(21)14(8-9-4-1-2-5-10(9)20-14)12(22)18-6-3-7-19-13(16)17/h1-2,4-5,20H,3,6-8H2,(H2,15,21)(H,18,22)(H4,16,17,19). The van der Waals surface area contributed by atoms with Crippen molar-refractivity contribution in [2.24, 2.45) is 22.2 Å². The van der Waals surface area contributed by atoms with Crippen molar-refractivity contribution in [2.45, 2.75) is 18.4 Å². The summed E-state index contributed by atoms with van der Waals surface area (Å²) in [7, 11) is 0. The fraction of sp³-hybridized carbons (Fsp3) is 0.357. The number of nitrogens with zero attached hydrogens (tertiary/aromatic N) is 1. The second-order valence-electron chi connectivity index (χ2n) is 5.14. The third-order valence-electron chi connectivity index (χ3n) is 3.54. The molecule has 1 aliphatic rings. The Labute approximate surface area is 128 Å². The van der Waals surface area contributed by atoms with Crippen LogP contribution in [-0.2, 0) is 16.0 Å². The molecule has 2 amide bonds. The molecule has 1 aromatic carbocycles. The minimum absolute atomic E-state index is 0.00726. The van der Waals surface area contributed by atoms with Crippen LogP contribution in [-0.4, -0.2) is 36.4 Å². The molecule has 0 aliphatic carbocycles. The smallest absolute Gasteiger partial charge is 0.255 e. The fourth-order valence-electron chi connectivity index (χ4n) is 2.39. The molecule has 118 valence electrons. The number of fused-ring (bicyclic) bond motifs is 1. The van der Waals surface area contributed by atoms with Gasteiger partial charge in [-0.1, -0.05) is 18.2 Å². The highest BCUT2D eigenvalue weighted by atomic mass is 16.2. The SMILES string of the molecule is NC(=O)C1(C(=O)NCCCN=C(N)N)Cc2ccccc2N1. The van der Waals surface area contributed by atoms with Crippen molar-refractivity contribution < 1.29 is 9.59 Å². The minimum Gasteiger partial charge on any atom is -0.370 e. The molecule has 2 rings (SSSR count). The predicted octanol–water partition coefficient (Wildman–Crippen LogP) is -1.34. The van der Waals surface area contributed by atoms with Gasteiger partial charge in [0.15, 0.2) is 11.5 Å². The monoisotopic (exact) mass is 304 g/mol. The first-order chi connectivity index (χ1) is 10.5. The molecule has 1 aliphatic heterocycles. The minimum atomic E-state index is -1.44. The second kappa shape index (κ2) is 6.33. The van der Waals surface area contributed by atoms with Crippen LogP contribution in [0.3, 0.4) is 0 Å². The maximum atomic E-state index is 12.4. The Kier molecular flexibility index (Phi) is 4.50. The summed E-state index contributed by atoms with van der Waals surface area (Å²) in [4.78, 5) is 28.1. The Bertz CT molecular complexity index is 584. The molecule has 8 heteroatoms. The van der Waals surface area contributed by atoms with Crippen LogP contribution in [0.15, 0.2) is 29.3 Å². The zero-order chi connectivity index (χ0) is 16.2. The van der Waals surface area contributed by atoms with E-state index >= 15 is 0 Å². The summed E-state index contributed by atoms with van der Waals surface area (Å²) >= 11 is 0. The number of para-hydroxylation sites is 1. The van der Waals surface area contributed by atoms with Crippen LogP contribution >= 0.6 is 0 Å². The highest BCUT2D eigenvalue weighted by Crippen LogP contribution is 2.32. The molecular formula is C14H20N6O2. The van der Waals surface area contributed by atoms with Crippen LogP contribution in [0.4, 0.5) is 5.69 Å². The van der Waals surface area contributed by atoms with E-state index in [-0.39, 0.29) is 12.4 Å². The number of carbonyl (C=O) groups is 2. The number of carbonyl (C=O) groups excluding carboxylic acids is 2. The molecular weight excluding hydrogens is 284 g/mol. The van der Waals surface area contributed by atoms with Gasteiger partial charge in [-0.3, -0.25) is 14.6 Å². The number of guanidine groups is 1. The Hall–Kier alpha value is -2.77. The number of primary amides is 1. The number of nitrogens with two attached hydrogens (primary N) is 3. The summed E-state index contributed by atoms with van der Waals surface area (Å²) in [5.41, 5.74) is 16.1. The van der Waals surface area contributed by atoms with E-state index in [1.54, 1.807) is 0 Å². The molecule has 1 atom stereocenters. The van der Waals surface area contributed by atoms with Crippen LogP contribution in [0.5, 0.6) is 0 Å². The molecule has 8 nitrogen and oxygen atoms in total. The summed E-state index contributed by atoms with van der Waals surface area (Å²) in [6.07, 6.45) is 0.795. The van der Waals surface area contributed by atoms with Crippen LogP contribution < -0.4 is 27.8 Å². The molecule has 0 saturated heterocycles. The lowest BCUT2D eigenvalue weighted by atomic mass is 9.93. The van der Waals surface area contributed by atoms with Crippen LogP contribution in [0.25, 0.3) is 0 Å². The third-order valence-corrected chi connectivity index (χ3v) is 3.54. The molecule has 0 saturated carbocycles. The van der Waals surface area contributed by atoms with Gasteiger partial charge in [-0.15, -0.1) is 0 Å². The number of hydrogen-bond acceptors (Lipinski definition) is 4. The number of rotatable bonds is 6. The molecule has 1 heterocycles. The summed E-state index contributed by atoms with van der Waals surface area (Å²) in [5.74, 6) is -1.14. The number of benzene rings is 1. The second-order valence-corrected chi connectivity index (χ2v) is 5.14. The van der Waals surface area contributed by atoms with Gasteiger partial charge < -0.3 is 27.8 Å². The number of nitrogens with one attached hydrogen (secondary N) is 2. The first-order valence-corrected chi connectivity index (χ1v) is 6.95. The number of aliphatic imine (C=N–C) groups is 1. The van der Waals surface area contributed by atoms with Gasteiger partial charge in [0.05, 0.1) is 0 Å². The van der Waals surface area contributed by atoms with Crippen molar-refractivity contribution in [1.82, 2.24) is 5.32 Å². The van der Waals surface area contributed by atoms with Crippen LogP contribution in [0, 0.1) is 0 Å². The van der Waals surface area contributed by atoms with Crippen LogP contribution in [0.1, 0.15) is 12.0 Å². The van der Waals surface area contributed by atoms with E-state index in [1.165, 1.54) is 0 Å². The molecule has 8 N–H and O–H groups in total. The van der Waals surface area contributed by atoms with Crippen molar-refractivity contribution in [3.05, 3.63) is 29.8 Å². The van der Waals surface area contributed by atoms with E-state index in [2.05, 4.69) is 15.6 Å².